The standard InChI is InChI=1S/C16H14N2O2S/c1-11-10-21-16(17-11)18(13-6-4-3-5-7-13)15(19)14-9-8-12(2)20-14/h3-10H,1-2H3. The van der Waals surface area contributed by atoms with Gasteiger partial charge in [0.2, 0.25) is 0 Å². The Balaban J connectivity index is 2.06. The summed E-state index contributed by atoms with van der Waals surface area (Å²) in [6.07, 6.45) is 0. The minimum atomic E-state index is -0.219. The molecule has 0 spiro atoms. The lowest BCUT2D eigenvalue weighted by atomic mass is 10.3. The minimum Gasteiger partial charge on any atom is -0.456 e. The summed E-state index contributed by atoms with van der Waals surface area (Å²) in [5.74, 6) is 0.800. The van der Waals surface area contributed by atoms with Crippen LogP contribution < -0.4 is 4.90 Å². The lowest BCUT2D eigenvalue weighted by Crippen LogP contribution is -2.25. The number of furan rings is 1. The van der Waals surface area contributed by atoms with Crippen LogP contribution in [-0.4, -0.2) is 10.9 Å². The van der Waals surface area contributed by atoms with Crippen LogP contribution in [0.1, 0.15) is 22.0 Å². The molecule has 0 bridgehead atoms. The monoisotopic (exact) mass is 298 g/mol. The van der Waals surface area contributed by atoms with Crippen molar-refractivity contribution in [2.45, 2.75) is 13.8 Å². The van der Waals surface area contributed by atoms with Crippen molar-refractivity contribution in [2.24, 2.45) is 0 Å². The molecule has 21 heavy (non-hydrogen) atoms. The Labute approximate surface area is 126 Å². The summed E-state index contributed by atoms with van der Waals surface area (Å²) in [5, 5.41) is 2.56. The SMILES string of the molecule is Cc1csc(N(C(=O)c2ccc(C)o2)c2ccccc2)n1. The van der Waals surface area contributed by atoms with E-state index in [1.807, 2.05) is 49.6 Å². The number of aryl methyl sites for hydroxylation is 2. The fourth-order valence-electron chi connectivity index (χ4n) is 2.00. The molecule has 0 aliphatic rings. The number of hydrogen-bond donors (Lipinski definition) is 0. The van der Waals surface area contributed by atoms with Crippen LogP contribution in [0, 0.1) is 13.8 Å². The highest BCUT2D eigenvalue weighted by atomic mass is 32.1. The van der Waals surface area contributed by atoms with Gasteiger partial charge in [-0.2, -0.15) is 0 Å². The van der Waals surface area contributed by atoms with Crippen molar-refractivity contribution in [2.75, 3.05) is 4.90 Å². The molecular weight excluding hydrogens is 284 g/mol. The number of benzene rings is 1. The van der Waals surface area contributed by atoms with Crippen molar-refractivity contribution in [1.29, 1.82) is 0 Å². The zero-order chi connectivity index (χ0) is 14.8. The van der Waals surface area contributed by atoms with Crippen molar-refractivity contribution in [3.8, 4) is 0 Å². The Bertz CT molecular complexity index is 761. The third kappa shape index (κ3) is 2.73. The maximum Gasteiger partial charge on any atom is 0.300 e. The van der Waals surface area contributed by atoms with Crippen molar-refractivity contribution in [1.82, 2.24) is 4.98 Å². The number of rotatable bonds is 3. The third-order valence-corrected chi connectivity index (χ3v) is 3.91. The zero-order valence-electron chi connectivity index (χ0n) is 11.7. The molecule has 4 nitrogen and oxygen atoms in total. The first-order valence-corrected chi connectivity index (χ1v) is 7.41. The second kappa shape index (κ2) is 5.54. The molecule has 2 aromatic heterocycles. The van der Waals surface area contributed by atoms with E-state index in [2.05, 4.69) is 4.98 Å². The van der Waals surface area contributed by atoms with E-state index in [0.717, 1.165) is 11.4 Å². The van der Waals surface area contributed by atoms with Gasteiger partial charge in [-0.15, -0.1) is 11.3 Å². The summed E-state index contributed by atoms with van der Waals surface area (Å²) in [5.41, 5.74) is 1.66. The molecule has 0 fully saturated rings. The molecule has 3 aromatic rings. The summed E-state index contributed by atoms with van der Waals surface area (Å²) in [4.78, 5) is 18.8. The molecule has 2 heterocycles. The van der Waals surface area contributed by atoms with Crippen LogP contribution >= 0.6 is 11.3 Å². The number of thiazole rings is 1. The summed E-state index contributed by atoms with van der Waals surface area (Å²) in [6, 6.07) is 12.9. The molecule has 0 saturated carbocycles. The van der Waals surface area contributed by atoms with Gasteiger partial charge in [-0.05, 0) is 38.1 Å². The van der Waals surface area contributed by atoms with E-state index < -0.39 is 0 Å². The number of aromatic nitrogens is 1. The summed E-state index contributed by atoms with van der Waals surface area (Å²) in [7, 11) is 0. The average Bonchev–Trinajstić information content (AvgIpc) is 3.09. The zero-order valence-corrected chi connectivity index (χ0v) is 12.6. The van der Waals surface area contributed by atoms with E-state index in [-0.39, 0.29) is 5.91 Å². The van der Waals surface area contributed by atoms with Gasteiger partial charge >= 0.3 is 0 Å². The van der Waals surface area contributed by atoms with Gasteiger partial charge in [-0.1, -0.05) is 18.2 Å². The number of anilines is 2. The number of amides is 1. The van der Waals surface area contributed by atoms with E-state index in [0.29, 0.717) is 16.7 Å². The van der Waals surface area contributed by atoms with Crippen molar-refractivity contribution in [3.63, 3.8) is 0 Å². The van der Waals surface area contributed by atoms with Crippen LogP contribution in [0.4, 0.5) is 10.8 Å². The van der Waals surface area contributed by atoms with Gasteiger partial charge in [0, 0.05) is 5.38 Å². The second-order valence-electron chi connectivity index (χ2n) is 4.66. The maximum absolute atomic E-state index is 12.8. The van der Waals surface area contributed by atoms with Gasteiger partial charge in [0.05, 0.1) is 11.4 Å². The van der Waals surface area contributed by atoms with Crippen LogP contribution in [0.15, 0.2) is 52.3 Å². The Morgan fingerprint density at radius 3 is 2.48 bits per heavy atom. The molecule has 106 valence electrons. The smallest absolute Gasteiger partial charge is 0.300 e. The number of nitrogens with zero attached hydrogens (tertiary/aromatic N) is 2. The second-order valence-corrected chi connectivity index (χ2v) is 5.49. The van der Waals surface area contributed by atoms with Crippen molar-refractivity contribution < 1.29 is 9.21 Å². The first-order valence-electron chi connectivity index (χ1n) is 6.53. The lowest BCUT2D eigenvalue weighted by molar-refractivity contribution is 0.0971. The number of carbonyl (C=O) groups is 1. The molecule has 5 heteroatoms. The summed E-state index contributed by atoms with van der Waals surface area (Å²) in [6.45, 7) is 3.72. The fraction of sp³-hybridized carbons (Fsp3) is 0.125. The van der Waals surface area contributed by atoms with Crippen LogP contribution in [0.5, 0.6) is 0 Å². The molecule has 0 N–H and O–H groups in total. The van der Waals surface area contributed by atoms with Gasteiger partial charge in [0.15, 0.2) is 10.9 Å². The molecule has 0 radical (unpaired) electrons. The van der Waals surface area contributed by atoms with Crippen molar-refractivity contribution >= 4 is 28.1 Å². The van der Waals surface area contributed by atoms with Gasteiger partial charge in [0.25, 0.3) is 5.91 Å². The van der Waals surface area contributed by atoms with E-state index >= 15 is 0 Å². The van der Waals surface area contributed by atoms with Gasteiger partial charge in [-0.25, -0.2) is 9.88 Å². The lowest BCUT2D eigenvalue weighted by Gasteiger charge is -2.18. The molecule has 0 aliphatic carbocycles. The van der Waals surface area contributed by atoms with Gasteiger partial charge in [0.1, 0.15) is 5.76 Å². The van der Waals surface area contributed by atoms with Crippen LogP contribution in [0.3, 0.4) is 0 Å². The van der Waals surface area contributed by atoms with E-state index in [1.165, 1.54) is 11.3 Å². The molecule has 0 unspecified atom stereocenters. The molecule has 0 atom stereocenters. The van der Waals surface area contributed by atoms with E-state index in [4.69, 9.17) is 4.42 Å². The van der Waals surface area contributed by atoms with Crippen molar-refractivity contribution in [3.05, 3.63) is 65.1 Å². The maximum atomic E-state index is 12.8. The molecule has 0 aliphatic heterocycles. The minimum absolute atomic E-state index is 0.219. The van der Waals surface area contributed by atoms with Crippen LogP contribution in [0.25, 0.3) is 0 Å². The number of hydrogen-bond acceptors (Lipinski definition) is 4. The predicted molar refractivity (Wildman–Crippen MR) is 83.2 cm³/mol. The normalized spacial score (nSPS) is 10.6. The topological polar surface area (TPSA) is 46.3 Å². The highest BCUT2D eigenvalue weighted by molar-refractivity contribution is 7.14. The fourth-order valence-corrected chi connectivity index (χ4v) is 2.81. The molecule has 1 amide bonds. The molecule has 0 saturated heterocycles. The number of carbonyl (C=O) groups excluding carboxylic acids is 1. The summed E-state index contributed by atoms with van der Waals surface area (Å²) < 4.78 is 5.46. The first kappa shape index (κ1) is 13.6. The Morgan fingerprint density at radius 1 is 1.14 bits per heavy atom. The molecule has 3 rings (SSSR count). The highest BCUT2D eigenvalue weighted by Gasteiger charge is 2.24. The predicted octanol–water partition coefficient (Wildman–Crippen LogP) is 4.33. The van der Waals surface area contributed by atoms with Gasteiger partial charge < -0.3 is 4.42 Å². The average molecular weight is 298 g/mol. The largest absolute Gasteiger partial charge is 0.456 e. The van der Waals surface area contributed by atoms with Crippen LogP contribution in [0.2, 0.25) is 0 Å². The third-order valence-electron chi connectivity index (χ3n) is 2.97. The molecule has 1 aromatic carbocycles. The van der Waals surface area contributed by atoms with Crippen LogP contribution in [-0.2, 0) is 0 Å². The Hall–Kier alpha value is -2.40. The molecular formula is C16H14N2O2S. The van der Waals surface area contributed by atoms with E-state index in [1.54, 1.807) is 17.0 Å². The summed E-state index contributed by atoms with van der Waals surface area (Å²) >= 11 is 1.43. The highest BCUT2D eigenvalue weighted by Crippen LogP contribution is 2.30. The van der Waals surface area contributed by atoms with E-state index in [9.17, 15) is 4.79 Å². The quantitative estimate of drug-likeness (QED) is 0.723. The first-order chi connectivity index (χ1) is 10.1. The van der Waals surface area contributed by atoms with Gasteiger partial charge in [-0.3, -0.25) is 4.79 Å². The Morgan fingerprint density at radius 2 is 1.90 bits per heavy atom. The Kier molecular flexibility index (Phi) is 3.58. The number of para-hydroxylation sites is 1.